The zero-order valence-electron chi connectivity index (χ0n) is 11.2. The molecule has 0 bridgehead atoms. The fourth-order valence-corrected chi connectivity index (χ4v) is 3.33. The minimum atomic E-state index is 0.229. The van der Waals surface area contributed by atoms with Gasteiger partial charge < -0.3 is 10.2 Å². The minimum absolute atomic E-state index is 0.229. The first-order chi connectivity index (χ1) is 8.24. The molecule has 3 atom stereocenters. The van der Waals surface area contributed by atoms with E-state index in [0.29, 0.717) is 18.0 Å². The average molecular weight is 238 g/mol. The van der Waals surface area contributed by atoms with Crippen molar-refractivity contribution in [2.24, 2.45) is 5.92 Å². The van der Waals surface area contributed by atoms with E-state index in [1.165, 1.54) is 32.1 Å². The third-order valence-electron chi connectivity index (χ3n) is 4.37. The molecule has 3 nitrogen and oxygen atoms in total. The van der Waals surface area contributed by atoms with Crippen LogP contribution in [0.15, 0.2) is 0 Å². The van der Waals surface area contributed by atoms with Gasteiger partial charge in [0.1, 0.15) is 0 Å². The first kappa shape index (κ1) is 12.9. The summed E-state index contributed by atoms with van der Waals surface area (Å²) in [6, 6.07) is 0.890. The molecule has 1 amide bonds. The zero-order valence-corrected chi connectivity index (χ0v) is 11.2. The highest BCUT2D eigenvalue weighted by atomic mass is 16.2. The Morgan fingerprint density at radius 1 is 1.35 bits per heavy atom. The highest BCUT2D eigenvalue weighted by molar-refractivity contribution is 5.80. The van der Waals surface area contributed by atoms with Crippen LogP contribution in [0.3, 0.4) is 0 Å². The molecule has 3 unspecified atom stereocenters. The van der Waals surface area contributed by atoms with Gasteiger partial charge in [-0.2, -0.15) is 0 Å². The van der Waals surface area contributed by atoms with Crippen LogP contribution in [0.4, 0.5) is 0 Å². The highest BCUT2D eigenvalue weighted by Gasteiger charge is 2.35. The van der Waals surface area contributed by atoms with Crippen molar-refractivity contribution < 1.29 is 4.79 Å². The van der Waals surface area contributed by atoms with E-state index in [1.807, 2.05) is 0 Å². The van der Waals surface area contributed by atoms with Gasteiger partial charge in [0.05, 0.1) is 5.92 Å². The number of carbonyl (C=O) groups is 1. The molecule has 0 aromatic rings. The Morgan fingerprint density at radius 3 is 2.82 bits per heavy atom. The zero-order chi connectivity index (χ0) is 12.3. The molecule has 0 radical (unpaired) electrons. The average Bonchev–Trinajstić information content (AvgIpc) is 2.76. The molecule has 3 heteroatoms. The monoisotopic (exact) mass is 238 g/mol. The Kier molecular flexibility index (Phi) is 4.43. The first-order valence-corrected chi connectivity index (χ1v) is 7.28. The number of rotatable bonds is 3. The summed E-state index contributed by atoms with van der Waals surface area (Å²) in [6.45, 7) is 6.36. The van der Waals surface area contributed by atoms with Crippen molar-refractivity contribution >= 4 is 5.91 Å². The second-order valence-corrected chi connectivity index (χ2v) is 5.61. The van der Waals surface area contributed by atoms with Gasteiger partial charge in [-0.25, -0.2) is 0 Å². The van der Waals surface area contributed by atoms with E-state index in [9.17, 15) is 4.79 Å². The lowest BCUT2D eigenvalue weighted by atomic mass is 9.93. The van der Waals surface area contributed by atoms with Crippen molar-refractivity contribution in [1.29, 1.82) is 0 Å². The number of amides is 1. The molecule has 2 aliphatic heterocycles. The van der Waals surface area contributed by atoms with Crippen LogP contribution in [0.1, 0.15) is 52.4 Å². The normalized spacial score (nSPS) is 34.0. The van der Waals surface area contributed by atoms with E-state index in [0.717, 1.165) is 19.5 Å². The Labute approximate surface area is 105 Å². The number of hydrogen-bond donors (Lipinski definition) is 1. The summed E-state index contributed by atoms with van der Waals surface area (Å²) in [5, 5.41) is 3.39. The smallest absolute Gasteiger partial charge is 0.227 e. The molecule has 0 aliphatic carbocycles. The van der Waals surface area contributed by atoms with Crippen LogP contribution in [0.25, 0.3) is 0 Å². The van der Waals surface area contributed by atoms with Crippen molar-refractivity contribution in [3.8, 4) is 0 Å². The van der Waals surface area contributed by atoms with Crippen LogP contribution < -0.4 is 5.32 Å². The lowest BCUT2D eigenvalue weighted by Crippen LogP contribution is -2.48. The van der Waals surface area contributed by atoms with E-state index in [1.54, 1.807) is 0 Å². The Morgan fingerprint density at radius 2 is 2.18 bits per heavy atom. The molecular weight excluding hydrogens is 212 g/mol. The number of nitrogens with one attached hydrogen (secondary N) is 1. The lowest BCUT2D eigenvalue weighted by molar-refractivity contribution is -0.139. The summed E-state index contributed by atoms with van der Waals surface area (Å²) in [5.41, 5.74) is 0. The SMILES string of the molecule is CCCC1CCCCN1C(=O)C1CCNC1C. The molecule has 1 N–H and O–H groups in total. The molecule has 2 aliphatic rings. The quantitative estimate of drug-likeness (QED) is 0.817. The van der Waals surface area contributed by atoms with Gasteiger partial charge in [-0.15, -0.1) is 0 Å². The Hall–Kier alpha value is -0.570. The molecule has 17 heavy (non-hydrogen) atoms. The van der Waals surface area contributed by atoms with E-state index in [2.05, 4.69) is 24.1 Å². The molecule has 2 fully saturated rings. The Bertz CT molecular complexity index is 265. The molecule has 2 rings (SSSR count). The van der Waals surface area contributed by atoms with Crippen LogP contribution in [0.5, 0.6) is 0 Å². The standard InChI is InChI=1S/C14H26N2O/c1-3-6-12-7-4-5-10-16(12)14(17)13-8-9-15-11(13)2/h11-13,15H,3-10H2,1-2H3. The number of nitrogens with zero attached hydrogens (tertiary/aromatic N) is 1. The summed E-state index contributed by atoms with van der Waals surface area (Å²) < 4.78 is 0. The summed E-state index contributed by atoms with van der Waals surface area (Å²) in [5.74, 6) is 0.646. The number of carbonyl (C=O) groups excluding carboxylic acids is 1. The summed E-state index contributed by atoms with van der Waals surface area (Å²) in [4.78, 5) is 14.8. The van der Waals surface area contributed by atoms with E-state index < -0.39 is 0 Å². The van der Waals surface area contributed by atoms with Crippen LogP contribution in [-0.4, -0.2) is 36.0 Å². The van der Waals surface area contributed by atoms with Gasteiger partial charge in [0.15, 0.2) is 0 Å². The summed E-state index contributed by atoms with van der Waals surface area (Å²) in [7, 11) is 0. The molecule has 98 valence electrons. The number of piperidine rings is 1. The predicted octanol–water partition coefficient (Wildman–Crippen LogP) is 2.17. The molecule has 2 heterocycles. The van der Waals surface area contributed by atoms with Gasteiger partial charge in [0, 0.05) is 18.6 Å². The second-order valence-electron chi connectivity index (χ2n) is 5.61. The number of likely N-dealkylation sites (tertiary alicyclic amines) is 1. The van der Waals surface area contributed by atoms with Gasteiger partial charge in [-0.1, -0.05) is 13.3 Å². The minimum Gasteiger partial charge on any atom is -0.339 e. The van der Waals surface area contributed by atoms with Crippen molar-refractivity contribution in [2.75, 3.05) is 13.1 Å². The van der Waals surface area contributed by atoms with Gasteiger partial charge in [0.25, 0.3) is 0 Å². The molecule has 0 aromatic heterocycles. The highest BCUT2D eigenvalue weighted by Crippen LogP contribution is 2.26. The van der Waals surface area contributed by atoms with Gasteiger partial charge in [-0.05, 0) is 45.6 Å². The molecule has 0 spiro atoms. The predicted molar refractivity (Wildman–Crippen MR) is 69.8 cm³/mol. The molecule has 0 saturated carbocycles. The summed E-state index contributed by atoms with van der Waals surface area (Å²) >= 11 is 0. The number of hydrogen-bond acceptors (Lipinski definition) is 2. The van der Waals surface area contributed by atoms with Crippen molar-refractivity contribution in [2.45, 2.75) is 64.5 Å². The lowest BCUT2D eigenvalue weighted by Gasteiger charge is -2.38. The van der Waals surface area contributed by atoms with E-state index in [4.69, 9.17) is 0 Å². The van der Waals surface area contributed by atoms with Gasteiger partial charge in [-0.3, -0.25) is 4.79 Å². The van der Waals surface area contributed by atoms with Gasteiger partial charge >= 0.3 is 0 Å². The van der Waals surface area contributed by atoms with Crippen molar-refractivity contribution in [3.63, 3.8) is 0 Å². The molecular formula is C14H26N2O. The fraction of sp³-hybridized carbons (Fsp3) is 0.929. The molecule has 2 saturated heterocycles. The largest absolute Gasteiger partial charge is 0.339 e. The Balaban J connectivity index is 2.00. The second kappa shape index (κ2) is 5.85. The maximum Gasteiger partial charge on any atom is 0.227 e. The third kappa shape index (κ3) is 2.82. The van der Waals surface area contributed by atoms with Crippen LogP contribution in [-0.2, 0) is 4.79 Å². The summed E-state index contributed by atoms with van der Waals surface area (Å²) in [6.07, 6.45) is 7.10. The maximum absolute atomic E-state index is 12.6. The van der Waals surface area contributed by atoms with Crippen LogP contribution in [0.2, 0.25) is 0 Å². The first-order valence-electron chi connectivity index (χ1n) is 7.28. The van der Waals surface area contributed by atoms with Crippen LogP contribution in [0, 0.1) is 5.92 Å². The van der Waals surface area contributed by atoms with Crippen LogP contribution >= 0.6 is 0 Å². The van der Waals surface area contributed by atoms with E-state index in [-0.39, 0.29) is 5.92 Å². The van der Waals surface area contributed by atoms with E-state index >= 15 is 0 Å². The van der Waals surface area contributed by atoms with Crippen molar-refractivity contribution in [1.82, 2.24) is 10.2 Å². The fourth-order valence-electron chi connectivity index (χ4n) is 3.33. The van der Waals surface area contributed by atoms with Gasteiger partial charge in [0.2, 0.25) is 5.91 Å². The molecule has 0 aromatic carbocycles. The third-order valence-corrected chi connectivity index (χ3v) is 4.37. The van der Waals surface area contributed by atoms with Crippen molar-refractivity contribution in [3.05, 3.63) is 0 Å². The topological polar surface area (TPSA) is 32.3 Å². The maximum atomic E-state index is 12.6.